The van der Waals surface area contributed by atoms with Gasteiger partial charge < -0.3 is 14.4 Å². The van der Waals surface area contributed by atoms with Crippen molar-refractivity contribution in [2.24, 2.45) is 0 Å². The number of hydrogen-bond acceptors (Lipinski definition) is 5. The van der Waals surface area contributed by atoms with Crippen LogP contribution in [0.5, 0.6) is 17.4 Å². The van der Waals surface area contributed by atoms with E-state index in [-0.39, 0.29) is 5.88 Å². The van der Waals surface area contributed by atoms with Crippen LogP contribution in [0.3, 0.4) is 0 Å². The third kappa shape index (κ3) is 6.39. The van der Waals surface area contributed by atoms with E-state index in [9.17, 15) is 18.0 Å². The summed E-state index contributed by atoms with van der Waals surface area (Å²) < 4.78 is 48.7. The number of alkyl halides is 3. The summed E-state index contributed by atoms with van der Waals surface area (Å²) in [7, 11) is 0. The average Bonchev–Trinajstić information content (AvgIpc) is 2.82. The monoisotopic (exact) mass is 491 g/mol. The number of ether oxygens (including phenoxy) is 2. The quantitative estimate of drug-likeness (QED) is 0.447. The SMILES string of the molecule is O=C(Oc1ccc(Oc2ccc(C(F)(F)F)cn2)cc1)N1CCN(Cc2ccc(Cl)cc2)CC1. The van der Waals surface area contributed by atoms with Crippen LogP contribution in [0.15, 0.2) is 66.9 Å². The van der Waals surface area contributed by atoms with Crippen LogP contribution in [0.4, 0.5) is 18.0 Å². The minimum Gasteiger partial charge on any atom is -0.439 e. The number of pyridine rings is 1. The molecule has 1 aliphatic heterocycles. The first-order chi connectivity index (χ1) is 16.3. The summed E-state index contributed by atoms with van der Waals surface area (Å²) in [6, 6.07) is 15.9. The largest absolute Gasteiger partial charge is 0.439 e. The third-order valence-electron chi connectivity index (χ3n) is 5.26. The Balaban J connectivity index is 1.25. The lowest BCUT2D eigenvalue weighted by atomic mass is 10.2. The van der Waals surface area contributed by atoms with Crippen molar-refractivity contribution in [2.45, 2.75) is 12.7 Å². The molecular weight excluding hydrogens is 471 g/mol. The topological polar surface area (TPSA) is 54.9 Å². The number of benzene rings is 2. The number of carbonyl (C=O) groups is 1. The van der Waals surface area contributed by atoms with E-state index in [1.807, 2.05) is 24.3 Å². The summed E-state index contributed by atoms with van der Waals surface area (Å²) in [4.78, 5) is 20.1. The first-order valence-corrected chi connectivity index (χ1v) is 10.9. The number of carbonyl (C=O) groups excluding carboxylic acids is 1. The molecule has 178 valence electrons. The Bertz CT molecular complexity index is 1100. The maximum absolute atomic E-state index is 12.6. The molecular formula is C24H21ClF3N3O3. The van der Waals surface area contributed by atoms with Gasteiger partial charge in [0.2, 0.25) is 5.88 Å². The van der Waals surface area contributed by atoms with Gasteiger partial charge in [-0.2, -0.15) is 13.2 Å². The highest BCUT2D eigenvalue weighted by Crippen LogP contribution is 2.30. The first kappa shape index (κ1) is 23.8. The van der Waals surface area contributed by atoms with Gasteiger partial charge in [0, 0.05) is 50.0 Å². The smallest absolute Gasteiger partial charge is 0.417 e. The molecule has 0 radical (unpaired) electrons. The summed E-state index contributed by atoms with van der Waals surface area (Å²) >= 11 is 5.92. The van der Waals surface area contributed by atoms with Crippen molar-refractivity contribution in [1.29, 1.82) is 0 Å². The Morgan fingerprint density at radius 3 is 2.15 bits per heavy atom. The Hall–Kier alpha value is -3.30. The summed E-state index contributed by atoms with van der Waals surface area (Å²) in [6.45, 7) is 3.34. The highest BCUT2D eigenvalue weighted by molar-refractivity contribution is 6.30. The van der Waals surface area contributed by atoms with Gasteiger partial charge >= 0.3 is 12.3 Å². The highest BCUT2D eigenvalue weighted by atomic mass is 35.5. The molecule has 0 aliphatic carbocycles. The molecule has 0 saturated carbocycles. The second-order valence-corrected chi connectivity index (χ2v) is 8.15. The van der Waals surface area contributed by atoms with Crippen molar-refractivity contribution in [1.82, 2.24) is 14.8 Å². The normalized spacial score (nSPS) is 14.6. The summed E-state index contributed by atoms with van der Waals surface area (Å²) in [6.07, 6.45) is -4.19. The molecule has 1 amide bonds. The predicted octanol–water partition coefficient (Wildman–Crippen LogP) is 5.86. The average molecular weight is 492 g/mol. The van der Waals surface area contributed by atoms with Gasteiger partial charge in [-0.05, 0) is 48.0 Å². The number of amides is 1. The lowest BCUT2D eigenvalue weighted by Crippen LogP contribution is -2.49. The predicted molar refractivity (Wildman–Crippen MR) is 120 cm³/mol. The van der Waals surface area contributed by atoms with Crippen LogP contribution in [0.25, 0.3) is 0 Å². The van der Waals surface area contributed by atoms with Gasteiger partial charge in [0.05, 0.1) is 5.56 Å². The zero-order valence-corrected chi connectivity index (χ0v) is 18.7. The van der Waals surface area contributed by atoms with E-state index < -0.39 is 17.8 Å². The second-order valence-electron chi connectivity index (χ2n) is 7.71. The molecule has 1 fully saturated rings. The maximum Gasteiger partial charge on any atom is 0.417 e. The number of aromatic nitrogens is 1. The fourth-order valence-corrected chi connectivity index (χ4v) is 3.53. The van der Waals surface area contributed by atoms with Crippen molar-refractivity contribution in [3.05, 3.63) is 83.0 Å². The van der Waals surface area contributed by atoms with E-state index in [1.165, 1.54) is 0 Å². The molecule has 0 bridgehead atoms. The number of hydrogen-bond donors (Lipinski definition) is 0. The molecule has 3 aromatic rings. The van der Waals surface area contributed by atoms with Gasteiger partial charge in [0.15, 0.2) is 0 Å². The second kappa shape index (κ2) is 10.3. The van der Waals surface area contributed by atoms with E-state index in [1.54, 1.807) is 29.2 Å². The fraction of sp³-hybridized carbons (Fsp3) is 0.250. The molecule has 2 aromatic carbocycles. The molecule has 10 heteroatoms. The van der Waals surface area contributed by atoms with Gasteiger partial charge in [-0.15, -0.1) is 0 Å². The van der Waals surface area contributed by atoms with Crippen molar-refractivity contribution in [3.8, 4) is 17.4 Å². The molecule has 34 heavy (non-hydrogen) atoms. The van der Waals surface area contributed by atoms with Crippen LogP contribution in [0, 0.1) is 0 Å². The highest BCUT2D eigenvalue weighted by Gasteiger charge is 2.30. The molecule has 0 atom stereocenters. The lowest BCUT2D eigenvalue weighted by molar-refractivity contribution is -0.137. The van der Waals surface area contributed by atoms with E-state index in [0.717, 1.165) is 37.3 Å². The van der Waals surface area contributed by atoms with Crippen molar-refractivity contribution < 1.29 is 27.4 Å². The van der Waals surface area contributed by atoms with E-state index in [0.29, 0.717) is 35.8 Å². The van der Waals surface area contributed by atoms with Gasteiger partial charge in [-0.25, -0.2) is 9.78 Å². The number of halogens is 4. The molecule has 4 rings (SSSR count). The van der Waals surface area contributed by atoms with Crippen LogP contribution in [0.1, 0.15) is 11.1 Å². The van der Waals surface area contributed by atoms with Crippen LogP contribution >= 0.6 is 11.6 Å². The molecule has 2 heterocycles. The zero-order chi connectivity index (χ0) is 24.1. The van der Waals surface area contributed by atoms with Gasteiger partial charge in [-0.1, -0.05) is 23.7 Å². The fourth-order valence-electron chi connectivity index (χ4n) is 3.41. The zero-order valence-electron chi connectivity index (χ0n) is 18.0. The minimum atomic E-state index is -4.46. The van der Waals surface area contributed by atoms with Crippen LogP contribution in [-0.2, 0) is 12.7 Å². The molecule has 1 saturated heterocycles. The molecule has 6 nitrogen and oxygen atoms in total. The Morgan fingerprint density at radius 1 is 0.912 bits per heavy atom. The van der Waals surface area contributed by atoms with Crippen molar-refractivity contribution in [2.75, 3.05) is 26.2 Å². The molecule has 0 spiro atoms. The summed E-state index contributed by atoms with van der Waals surface area (Å²) in [5, 5.41) is 0.701. The maximum atomic E-state index is 12.6. The van der Waals surface area contributed by atoms with Gasteiger partial charge in [0.1, 0.15) is 11.5 Å². The van der Waals surface area contributed by atoms with E-state index >= 15 is 0 Å². The Kier molecular flexibility index (Phi) is 7.23. The third-order valence-corrected chi connectivity index (χ3v) is 5.52. The van der Waals surface area contributed by atoms with Crippen molar-refractivity contribution >= 4 is 17.7 Å². The lowest BCUT2D eigenvalue weighted by Gasteiger charge is -2.34. The van der Waals surface area contributed by atoms with Crippen LogP contribution < -0.4 is 9.47 Å². The Labute approximate surface area is 199 Å². The van der Waals surface area contributed by atoms with E-state index in [4.69, 9.17) is 21.1 Å². The number of rotatable bonds is 5. The van der Waals surface area contributed by atoms with E-state index in [2.05, 4.69) is 9.88 Å². The van der Waals surface area contributed by atoms with Crippen LogP contribution in [-0.4, -0.2) is 47.1 Å². The molecule has 1 aliphatic rings. The first-order valence-electron chi connectivity index (χ1n) is 10.5. The minimum absolute atomic E-state index is 0.0224. The molecule has 0 N–H and O–H groups in total. The summed E-state index contributed by atoms with van der Waals surface area (Å²) in [5.41, 5.74) is 0.308. The standard InChI is InChI=1S/C24H21ClF3N3O3/c25-19-4-1-17(2-5-19)16-30-11-13-31(14-12-30)23(32)34-21-8-6-20(7-9-21)33-22-10-3-18(15-29-22)24(26,27)28/h1-10,15H,11-14,16H2. The molecule has 0 unspecified atom stereocenters. The number of piperazine rings is 1. The number of nitrogens with zero attached hydrogens (tertiary/aromatic N) is 3. The molecule has 1 aromatic heterocycles. The van der Waals surface area contributed by atoms with Crippen molar-refractivity contribution in [3.63, 3.8) is 0 Å². The van der Waals surface area contributed by atoms with Gasteiger partial charge in [0.25, 0.3) is 0 Å². The Morgan fingerprint density at radius 2 is 1.56 bits per heavy atom. The van der Waals surface area contributed by atoms with Gasteiger partial charge in [-0.3, -0.25) is 4.90 Å². The summed E-state index contributed by atoms with van der Waals surface area (Å²) in [5.74, 6) is 0.707. The van der Waals surface area contributed by atoms with Crippen LogP contribution in [0.2, 0.25) is 5.02 Å².